The number of nitrogens with zero attached hydrogens (tertiary/aromatic N) is 4. The Labute approximate surface area is 109 Å². The third-order valence-corrected chi connectivity index (χ3v) is 2.81. The Balaban J connectivity index is 1.92. The predicted molar refractivity (Wildman–Crippen MR) is 68.4 cm³/mol. The first-order valence-corrected chi connectivity index (χ1v) is 5.90. The van der Waals surface area contributed by atoms with Gasteiger partial charge in [0.25, 0.3) is 0 Å². The van der Waals surface area contributed by atoms with Crippen LogP contribution in [0.4, 0.5) is 4.39 Å². The lowest BCUT2D eigenvalue weighted by Gasteiger charge is -2.04. The van der Waals surface area contributed by atoms with Crippen LogP contribution in [0.1, 0.15) is 11.4 Å². The van der Waals surface area contributed by atoms with Gasteiger partial charge in [-0.05, 0) is 40.3 Å². The van der Waals surface area contributed by atoms with Gasteiger partial charge in [0, 0.05) is 6.42 Å². The molecule has 0 atom stereocenters. The summed E-state index contributed by atoms with van der Waals surface area (Å²) in [6.07, 6.45) is 0.630. The highest BCUT2D eigenvalue weighted by Crippen LogP contribution is 2.12. The van der Waals surface area contributed by atoms with Crippen LogP contribution in [0.2, 0.25) is 0 Å². The van der Waals surface area contributed by atoms with E-state index in [1.165, 1.54) is 12.1 Å². The largest absolute Gasteiger partial charge is 0.207 e. The highest BCUT2D eigenvalue weighted by molar-refractivity contribution is 5.32. The smallest absolute Gasteiger partial charge is 0.161 e. The maximum Gasteiger partial charge on any atom is 0.161 e. The molecule has 4 nitrogen and oxygen atoms in total. The average molecular weight is 254 g/mol. The Bertz CT molecular complexity index is 661. The number of hydrogen-bond acceptors (Lipinski definition) is 3. The van der Waals surface area contributed by atoms with Crippen molar-refractivity contribution in [1.29, 1.82) is 0 Å². The molecular weight excluding hydrogens is 243 g/mol. The van der Waals surface area contributed by atoms with E-state index in [4.69, 9.17) is 0 Å². The maximum atomic E-state index is 12.9. The molecule has 0 bridgehead atoms. The molecule has 94 valence electrons. The lowest BCUT2D eigenvalue weighted by molar-refractivity contribution is 0.626. The van der Waals surface area contributed by atoms with Gasteiger partial charge >= 0.3 is 0 Å². The topological polar surface area (TPSA) is 43.6 Å². The van der Waals surface area contributed by atoms with Crippen molar-refractivity contribution in [1.82, 2.24) is 20.2 Å². The molecule has 0 saturated carbocycles. The second kappa shape index (κ2) is 4.97. The standard InChI is InChI=1S/C14H11FN4/c15-12-6-8-13(9-7-12)19-14(16-17-18-19)10-11-4-2-1-3-5-11/h1-9H,10H2. The van der Waals surface area contributed by atoms with Gasteiger partial charge in [-0.3, -0.25) is 0 Å². The summed E-state index contributed by atoms with van der Waals surface area (Å²) < 4.78 is 14.5. The molecule has 0 amide bonds. The van der Waals surface area contributed by atoms with E-state index in [1.54, 1.807) is 16.8 Å². The van der Waals surface area contributed by atoms with E-state index >= 15 is 0 Å². The van der Waals surface area contributed by atoms with Crippen LogP contribution >= 0.6 is 0 Å². The van der Waals surface area contributed by atoms with Gasteiger partial charge in [0.05, 0.1) is 5.69 Å². The van der Waals surface area contributed by atoms with Gasteiger partial charge in [-0.2, -0.15) is 4.68 Å². The van der Waals surface area contributed by atoms with Crippen LogP contribution in [-0.2, 0) is 6.42 Å². The Morgan fingerprint density at radius 3 is 2.42 bits per heavy atom. The molecule has 0 aliphatic heterocycles. The van der Waals surface area contributed by atoms with Crippen molar-refractivity contribution in [2.75, 3.05) is 0 Å². The van der Waals surface area contributed by atoms with Crippen molar-refractivity contribution in [3.8, 4) is 5.69 Å². The van der Waals surface area contributed by atoms with Gasteiger partial charge in [-0.1, -0.05) is 30.3 Å². The maximum absolute atomic E-state index is 12.9. The summed E-state index contributed by atoms with van der Waals surface area (Å²) in [6.45, 7) is 0. The summed E-state index contributed by atoms with van der Waals surface area (Å²) >= 11 is 0. The molecule has 0 aliphatic carbocycles. The van der Waals surface area contributed by atoms with Gasteiger partial charge in [-0.25, -0.2) is 4.39 Å². The number of aromatic nitrogens is 4. The number of halogens is 1. The van der Waals surface area contributed by atoms with E-state index in [0.717, 1.165) is 17.1 Å². The summed E-state index contributed by atoms with van der Waals surface area (Å²) in [5, 5.41) is 11.7. The summed E-state index contributed by atoms with van der Waals surface area (Å²) in [5.74, 6) is 0.444. The van der Waals surface area contributed by atoms with Gasteiger partial charge < -0.3 is 0 Å². The molecule has 0 unspecified atom stereocenters. The molecule has 0 saturated heterocycles. The second-order valence-electron chi connectivity index (χ2n) is 4.15. The van der Waals surface area contributed by atoms with E-state index in [2.05, 4.69) is 15.5 Å². The summed E-state index contributed by atoms with van der Waals surface area (Å²) in [4.78, 5) is 0. The fourth-order valence-electron chi connectivity index (χ4n) is 1.88. The summed E-state index contributed by atoms with van der Waals surface area (Å²) in [6, 6.07) is 16.0. The lowest BCUT2D eigenvalue weighted by Crippen LogP contribution is -2.04. The molecule has 1 aromatic heterocycles. The fraction of sp³-hybridized carbons (Fsp3) is 0.0714. The molecular formula is C14H11FN4. The zero-order chi connectivity index (χ0) is 13.1. The molecule has 3 aromatic rings. The van der Waals surface area contributed by atoms with Crippen LogP contribution in [0.25, 0.3) is 5.69 Å². The minimum atomic E-state index is -0.276. The minimum Gasteiger partial charge on any atom is -0.207 e. The van der Waals surface area contributed by atoms with Crippen molar-refractivity contribution in [3.05, 3.63) is 71.8 Å². The molecule has 1 heterocycles. The normalized spacial score (nSPS) is 10.6. The molecule has 2 aromatic carbocycles. The van der Waals surface area contributed by atoms with Crippen LogP contribution < -0.4 is 0 Å². The Morgan fingerprint density at radius 1 is 0.947 bits per heavy atom. The quantitative estimate of drug-likeness (QED) is 0.720. The molecule has 0 N–H and O–H groups in total. The number of hydrogen-bond donors (Lipinski definition) is 0. The van der Waals surface area contributed by atoms with Gasteiger partial charge in [-0.15, -0.1) is 5.10 Å². The van der Waals surface area contributed by atoms with E-state index in [1.807, 2.05) is 30.3 Å². The minimum absolute atomic E-state index is 0.276. The Morgan fingerprint density at radius 2 is 1.68 bits per heavy atom. The van der Waals surface area contributed by atoms with E-state index in [0.29, 0.717) is 6.42 Å². The van der Waals surface area contributed by atoms with E-state index in [-0.39, 0.29) is 5.82 Å². The lowest BCUT2D eigenvalue weighted by atomic mass is 10.1. The van der Waals surface area contributed by atoms with E-state index < -0.39 is 0 Å². The molecule has 0 aliphatic rings. The van der Waals surface area contributed by atoms with Gasteiger partial charge in [0.2, 0.25) is 0 Å². The first kappa shape index (κ1) is 11.5. The number of benzene rings is 2. The Kier molecular flexibility index (Phi) is 3.02. The zero-order valence-electron chi connectivity index (χ0n) is 10.1. The van der Waals surface area contributed by atoms with E-state index in [9.17, 15) is 4.39 Å². The monoisotopic (exact) mass is 254 g/mol. The third-order valence-electron chi connectivity index (χ3n) is 2.81. The van der Waals surface area contributed by atoms with Crippen molar-refractivity contribution in [2.24, 2.45) is 0 Å². The first-order chi connectivity index (χ1) is 9.33. The summed E-state index contributed by atoms with van der Waals surface area (Å²) in [7, 11) is 0. The zero-order valence-corrected chi connectivity index (χ0v) is 10.1. The van der Waals surface area contributed by atoms with Crippen molar-refractivity contribution in [3.63, 3.8) is 0 Å². The van der Waals surface area contributed by atoms with Crippen LogP contribution in [0.15, 0.2) is 54.6 Å². The number of rotatable bonds is 3. The first-order valence-electron chi connectivity index (χ1n) is 5.90. The number of tetrazole rings is 1. The Hall–Kier alpha value is -2.56. The molecule has 0 fully saturated rings. The fourth-order valence-corrected chi connectivity index (χ4v) is 1.88. The highest BCUT2D eigenvalue weighted by Gasteiger charge is 2.08. The van der Waals surface area contributed by atoms with Crippen molar-refractivity contribution >= 4 is 0 Å². The third kappa shape index (κ3) is 2.49. The summed E-state index contributed by atoms with van der Waals surface area (Å²) in [5.41, 5.74) is 1.87. The molecule has 5 heteroatoms. The van der Waals surface area contributed by atoms with Crippen LogP contribution in [-0.4, -0.2) is 20.2 Å². The van der Waals surface area contributed by atoms with Crippen LogP contribution in [0, 0.1) is 5.82 Å². The van der Waals surface area contributed by atoms with Crippen molar-refractivity contribution in [2.45, 2.75) is 6.42 Å². The highest BCUT2D eigenvalue weighted by atomic mass is 19.1. The SMILES string of the molecule is Fc1ccc(-n2nnnc2Cc2ccccc2)cc1. The average Bonchev–Trinajstić information content (AvgIpc) is 2.89. The van der Waals surface area contributed by atoms with Crippen molar-refractivity contribution < 1.29 is 4.39 Å². The van der Waals surface area contributed by atoms with Gasteiger partial charge in [0.15, 0.2) is 5.82 Å². The second-order valence-corrected chi connectivity index (χ2v) is 4.15. The van der Waals surface area contributed by atoms with Crippen LogP contribution in [0.5, 0.6) is 0 Å². The van der Waals surface area contributed by atoms with Gasteiger partial charge in [0.1, 0.15) is 5.82 Å². The molecule has 0 spiro atoms. The molecule has 3 rings (SSSR count). The molecule has 19 heavy (non-hydrogen) atoms. The molecule has 0 radical (unpaired) electrons. The predicted octanol–water partition coefficient (Wildman–Crippen LogP) is 2.39. The van der Waals surface area contributed by atoms with Crippen LogP contribution in [0.3, 0.4) is 0 Å².